The Balaban J connectivity index is 1.85. The van der Waals surface area contributed by atoms with Crippen molar-refractivity contribution in [3.05, 3.63) is 59.9 Å². The summed E-state index contributed by atoms with van der Waals surface area (Å²) >= 11 is 0. The van der Waals surface area contributed by atoms with E-state index in [4.69, 9.17) is 4.18 Å². The molecule has 2 heterocycles. The Labute approximate surface area is 137 Å². The molecule has 0 bridgehead atoms. The molecule has 0 saturated carbocycles. The lowest BCUT2D eigenvalue weighted by Crippen LogP contribution is -2.27. The van der Waals surface area contributed by atoms with Crippen LogP contribution in [0.5, 0.6) is 0 Å². The van der Waals surface area contributed by atoms with E-state index in [2.05, 4.69) is 9.88 Å². The molecule has 0 spiro atoms. The molecule has 0 N–H and O–H groups in total. The molecule has 0 radical (unpaired) electrons. The molecule has 122 valence electrons. The molecule has 3 rings (SSSR count). The molecule has 6 heteroatoms. The van der Waals surface area contributed by atoms with Gasteiger partial charge >= 0.3 is 0 Å². The monoisotopic (exact) mass is 332 g/mol. The van der Waals surface area contributed by atoms with E-state index in [-0.39, 0.29) is 10.9 Å². The van der Waals surface area contributed by atoms with Crippen molar-refractivity contribution in [2.75, 3.05) is 13.6 Å². The smallest absolute Gasteiger partial charge is 0.297 e. The van der Waals surface area contributed by atoms with E-state index < -0.39 is 16.2 Å². The standard InChI is InChI=1S/C17H20N2O3S/c1-13-5-7-15(8-6-13)23(20,21)22-16-9-11-19(2)17(16)14-4-3-10-18-12-14/h3-8,10,12,16-17H,9,11H2,1-2H3. The predicted molar refractivity (Wildman–Crippen MR) is 87.5 cm³/mol. The molecule has 1 aromatic carbocycles. The van der Waals surface area contributed by atoms with Crippen LogP contribution >= 0.6 is 0 Å². The number of aryl methyl sites for hydroxylation is 1. The van der Waals surface area contributed by atoms with Gasteiger partial charge in [-0.25, -0.2) is 0 Å². The van der Waals surface area contributed by atoms with E-state index >= 15 is 0 Å². The first-order valence-corrected chi connectivity index (χ1v) is 8.98. The number of likely N-dealkylation sites (tertiary alicyclic amines) is 1. The molecule has 1 saturated heterocycles. The molecule has 0 amide bonds. The Morgan fingerprint density at radius 3 is 2.61 bits per heavy atom. The van der Waals surface area contributed by atoms with Crippen LogP contribution in [0.25, 0.3) is 0 Å². The number of nitrogens with zero attached hydrogens (tertiary/aromatic N) is 2. The van der Waals surface area contributed by atoms with Crippen molar-refractivity contribution in [2.24, 2.45) is 0 Å². The van der Waals surface area contributed by atoms with Gasteiger partial charge in [0, 0.05) is 18.9 Å². The van der Waals surface area contributed by atoms with Crippen LogP contribution in [0.3, 0.4) is 0 Å². The zero-order valence-corrected chi connectivity index (χ0v) is 14.0. The van der Waals surface area contributed by atoms with Gasteiger partial charge in [0.05, 0.1) is 17.0 Å². The van der Waals surface area contributed by atoms with Crippen molar-refractivity contribution in [2.45, 2.75) is 30.4 Å². The zero-order chi connectivity index (χ0) is 16.4. The molecular formula is C17H20N2O3S. The first kappa shape index (κ1) is 16.1. The first-order chi connectivity index (χ1) is 11.0. The molecule has 1 fully saturated rings. The van der Waals surface area contributed by atoms with Gasteiger partial charge in [0.2, 0.25) is 0 Å². The number of hydrogen-bond donors (Lipinski definition) is 0. The topological polar surface area (TPSA) is 59.5 Å². The van der Waals surface area contributed by atoms with Crippen molar-refractivity contribution in [3.8, 4) is 0 Å². The normalized spacial score (nSPS) is 22.3. The summed E-state index contributed by atoms with van der Waals surface area (Å²) < 4.78 is 30.6. The summed E-state index contributed by atoms with van der Waals surface area (Å²) in [5, 5.41) is 0. The highest BCUT2D eigenvalue weighted by Gasteiger charge is 2.37. The second-order valence-corrected chi connectivity index (χ2v) is 7.47. The molecule has 1 aromatic heterocycles. The van der Waals surface area contributed by atoms with Crippen LogP contribution in [0.4, 0.5) is 0 Å². The van der Waals surface area contributed by atoms with E-state index in [1.807, 2.05) is 26.1 Å². The van der Waals surface area contributed by atoms with Gasteiger partial charge in [-0.05, 0) is 44.2 Å². The summed E-state index contributed by atoms with van der Waals surface area (Å²) in [6, 6.07) is 10.4. The highest BCUT2D eigenvalue weighted by molar-refractivity contribution is 7.86. The molecule has 5 nitrogen and oxygen atoms in total. The Hall–Kier alpha value is -1.76. The molecule has 2 atom stereocenters. The molecule has 0 aliphatic carbocycles. The van der Waals surface area contributed by atoms with E-state index in [1.165, 1.54) is 0 Å². The summed E-state index contributed by atoms with van der Waals surface area (Å²) in [7, 11) is -1.80. The Morgan fingerprint density at radius 2 is 1.96 bits per heavy atom. The van der Waals surface area contributed by atoms with Crippen molar-refractivity contribution >= 4 is 10.1 Å². The second kappa shape index (κ2) is 6.39. The fourth-order valence-corrected chi connectivity index (χ4v) is 4.06. The predicted octanol–water partition coefficient (Wildman–Crippen LogP) is 2.54. The van der Waals surface area contributed by atoms with E-state index in [0.717, 1.165) is 17.7 Å². The van der Waals surface area contributed by atoms with E-state index in [9.17, 15) is 8.42 Å². The lowest BCUT2D eigenvalue weighted by Gasteiger charge is -2.24. The maximum atomic E-state index is 12.5. The van der Waals surface area contributed by atoms with Gasteiger partial charge in [0.15, 0.2) is 0 Å². The highest BCUT2D eigenvalue weighted by atomic mass is 32.2. The van der Waals surface area contributed by atoms with Gasteiger partial charge in [-0.15, -0.1) is 0 Å². The quantitative estimate of drug-likeness (QED) is 0.805. The fourth-order valence-electron chi connectivity index (χ4n) is 2.96. The molecule has 2 aromatic rings. The Bertz CT molecular complexity index is 760. The summed E-state index contributed by atoms with van der Waals surface area (Å²) in [6.45, 7) is 2.70. The number of pyridine rings is 1. The van der Waals surface area contributed by atoms with Crippen molar-refractivity contribution < 1.29 is 12.6 Å². The van der Waals surface area contributed by atoms with Gasteiger partial charge in [-0.3, -0.25) is 14.1 Å². The van der Waals surface area contributed by atoms with Crippen LogP contribution in [0, 0.1) is 6.92 Å². The number of aromatic nitrogens is 1. The van der Waals surface area contributed by atoms with Gasteiger partial charge < -0.3 is 0 Å². The number of likely N-dealkylation sites (N-methyl/N-ethyl adjacent to an activating group) is 1. The largest absolute Gasteiger partial charge is 0.297 e. The number of hydrogen-bond acceptors (Lipinski definition) is 5. The summed E-state index contributed by atoms with van der Waals surface area (Å²) in [5.74, 6) is 0. The Kier molecular flexibility index (Phi) is 4.48. The van der Waals surface area contributed by atoms with Crippen LogP contribution in [-0.4, -0.2) is 38.0 Å². The maximum Gasteiger partial charge on any atom is 0.297 e. The first-order valence-electron chi connectivity index (χ1n) is 7.57. The third-order valence-corrected chi connectivity index (χ3v) is 5.53. The molecule has 1 aliphatic rings. The van der Waals surface area contributed by atoms with E-state index in [1.54, 1.807) is 36.7 Å². The fraction of sp³-hybridized carbons (Fsp3) is 0.353. The number of benzene rings is 1. The average molecular weight is 332 g/mol. The lowest BCUT2D eigenvalue weighted by molar-refractivity contribution is 0.156. The minimum atomic E-state index is -3.77. The van der Waals surface area contributed by atoms with Crippen LogP contribution in [-0.2, 0) is 14.3 Å². The minimum Gasteiger partial charge on any atom is -0.297 e. The molecule has 1 aliphatic heterocycles. The van der Waals surface area contributed by atoms with Crippen molar-refractivity contribution in [1.82, 2.24) is 9.88 Å². The summed E-state index contributed by atoms with van der Waals surface area (Å²) in [5.41, 5.74) is 1.98. The van der Waals surface area contributed by atoms with Gasteiger partial charge in [-0.2, -0.15) is 8.42 Å². The van der Waals surface area contributed by atoms with Gasteiger partial charge in [-0.1, -0.05) is 23.8 Å². The summed E-state index contributed by atoms with van der Waals surface area (Å²) in [6.07, 6.45) is 3.73. The Morgan fingerprint density at radius 1 is 1.22 bits per heavy atom. The SMILES string of the molecule is Cc1ccc(S(=O)(=O)OC2CCN(C)C2c2cccnc2)cc1. The van der Waals surface area contributed by atoms with Gasteiger partial charge in [0.25, 0.3) is 10.1 Å². The van der Waals surface area contributed by atoms with Crippen molar-refractivity contribution in [3.63, 3.8) is 0 Å². The lowest BCUT2D eigenvalue weighted by atomic mass is 10.0. The van der Waals surface area contributed by atoms with Crippen molar-refractivity contribution in [1.29, 1.82) is 0 Å². The van der Waals surface area contributed by atoms with Crippen LogP contribution in [0.2, 0.25) is 0 Å². The van der Waals surface area contributed by atoms with Crippen LogP contribution in [0.15, 0.2) is 53.7 Å². The van der Waals surface area contributed by atoms with Gasteiger partial charge in [0.1, 0.15) is 0 Å². The van der Waals surface area contributed by atoms with E-state index in [0.29, 0.717) is 6.42 Å². The molecular weight excluding hydrogens is 312 g/mol. The zero-order valence-electron chi connectivity index (χ0n) is 13.2. The molecule has 23 heavy (non-hydrogen) atoms. The highest BCUT2D eigenvalue weighted by Crippen LogP contribution is 2.34. The van der Waals surface area contributed by atoms with Crippen LogP contribution in [0.1, 0.15) is 23.6 Å². The minimum absolute atomic E-state index is 0.107. The summed E-state index contributed by atoms with van der Waals surface area (Å²) in [4.78, 5) is 6.43. The maximum absolute atomic E-state index is 12.5. The third kappa shape index (κ3) is 3.44. The van der Waals surface area contributed by atoms with Crippen LogP contribution < -0.4 is 0 Å². The molecule has 2 unspecified atom stereocenters. The second-order valence-electron chi connectivity index (χ2n) is 5.90. The average Bonchev–Trinajstić information content (AvgIpc) is 2.88. The number of rotatable bonds is 4. The third-order valence-electron chi connectivity index (χ3n) is 4.18.